The lowest BCUT2D eigenvalue weighted by Gasteiger charge is -2.10. The van der Waals surface area contributed by atoms with Gasteiger partial charge < -0.3 is 11.1 Å². The summed E-state index contributed by atoms with van der Waals surface area (Å²) in [5.41, 5.74) is 8.65. The normalized spacial score (nSPS) is 9.88. The van der Waals surface area contributed by atoms with Crippen LogP contribution >= 0.6 is 0 Å². The molecule has 1 aromatic heterocycles. The molecule has 0 bridgehead atoms. The predicted molar refractivity (Wildman–Crippen MR) is 65.2 cm³/mol. The second-order valence-electron chi connectivity index (χ2n) is 3.81. The van der Waals surface area contributed by atoms with Gasteiger partial charge in [0.25, 0.3) is 0 Å². The topological polar surface area (TPSA) is 74.7 Å². The van der Waals surface area contributed by atoms with Crippen molar-refractivity contribution in [2.75, 3.05) is 18.4 Å². The maximum atomic E-state index is 9.04. The molecule has 1 rings (SSSR count). The molecule has 0 aliphatic heterocycles. The summed E-state index contributed by atoms with van der Waals surface area (Å²) in [6, 6.07) is 4.09. The third-order valence-electron chi connectivity index (χ3n) is 2.39. The molecular formula is C12H18N4. The third-order valence-corrected chi connectivity index (χ3v) is 2.39. The van der Waals surface area contributed by atoms with E-state index in [1.54, 1.807) is 0 Å². The fourth-order valence-electron chi connectivity index (χ4n) is 1.60. The highest BCUT2D eigenvalue weighted by Crippen LogP contribution is 2.18. The molecule has 0 unspecified atom stereocenters. The maximum Gasteiger partial charge on any atom is 0.103 e. The first-order valence-electron chi connectivity index (χ1n) is 5.51. The predicted octanol–water partition coefficient (Wildman–Crippen LogP) is 1.72. The van der Waals surface area contributed by atoms with Gasteiger partial charge >= 0.3 is 0 Å². The van der Waals surface area contributed by atoms with E-state index in [0.717, 1.165) is 36.5 Å². The van der Waals surface area contributed by atoms with Crippen LogP contribution in [0.2, 0.25) is 0 Å². The van der Waals surface area contributed by atoms with Crippen molar-refractivity contribution in [2.24, 2.45) is 5.73 Å². The standard InChI is InChI=1S/C12H18N4/c1-9-7-12(15-6-4-3-5-13)11(8-14)10(2)16-9/h7H,3-6,13H2,1-2H3,(H,15,16). The largest absolute Gasteiger partial charge is 0.384 e. The maximum absolute atomic E-state index is 9.04. The molecule has 1 heterocycles. The Labute approximate surface area is 96.5 Å². The summed E-state index contributed by atoms with van der Waals surface area (Å²) in [7, 11) is 0. The molecule has 0 spiro atoms. The summed E-state index contributed by atoms with van der Waals surface area (Å²) in [6.45, 7) is 5.34. The monoisotopic (exact) mass is 218 g/mol. The van der Waals surface area contributed by atoms with Gasteiger partial charge in [-0.15, -0.1) is 0 Å². The first-order chi connectivity index (χ1) is 7.69. The highest BCUT2D eigenvalue weighted by molar-refractivity contribution is 5.59. The van der Waals surface area contributed by atoms with E-state index >= 15 is 0 Å². The number of nitriles is 1. The van der Waals surface area contributed by atoms with Gasteiger partial charge in [-0.05, 0) is 39.3 Å². The number of hydrogen-bond donors (Lipinski definition) is 2. The van der Waals surface area contributed by atoms with E-state index in [4.69, 9.17) is 11.0 Å². The molecule has 3 N–H and O–H groups in total. The van der Waals surface area contributed by atoms with E-state index in [2.05, 4.69) is 16.4 Å². The number of aromatic nitrogens is 1. The molecule has 0 atom stereocenters. The summed E-state index contributed by atoms with van der Waals surface area (Å²) in [5.74, 6) is 0. The summed E-state index contributed by atoms with van der Waals surface area (Å²) in [5, 5.41) is 12.3. The van der Waals surface area contributed by atoms with Gasteiger partial charge in [-0.25, -0.2) is 0 Å². The number of nitrogens with one attached hydrogen (secondary N) is 1. The fourth-order valence-corrected chi connectivity index (χ4v) is 1.60. The van der Waals surface area contributed by atoms with Gasteiger partial charge in [-0.2, -0.15) is 5.26 Å². The summed E-state index contributed by atoms with van der Waals surface area (Å²) in [6.07, 6.45) is 2.01. The van der Waals surface area contributed by atoms with Crippen LogP contribution in [0.1, 0.15) is 29.8 Å². The highest BCUT2D eigenvalue weighted by atomic mass is 14.9. The minimum absolute atomic E-state index is 0.637. The van der Waals surface area contributed by atoms with Crippen LogP contribution in [0.3, 0.4) is 0 Å². The Balaban J connectivity index is 2.75. The van der Waals surface area contributed by atoms with Crippen LogP contribution in [0.25, 0.3) is 0 Å². The Morgan fingerprint density at radius 2 is 2.19 bits per heavy atom. The SMILES string of the molecule is Cc1cc(NCCCCN)c(C#N)c(C)n1. The van der Waals surface area contributed by atoms with E-state index in [1.807, 2.05) is 19.9 Å². The van der Waals surface area contributed by atoms with Crippen molar-refractivity contribution in [2.45, 2.75) is 26.7 Å². The Morgan fingerprint density at radius 1 is 1.44 bits per heavy atom. The van der Waals surface area contributed by atoms with Crippen LogP contribution in [0.15, 0.2) is 6.07 Å². The molecule has 4 heteroatoms. The number of aryl methyl sites for hydroxylation is 2. The molecule has 0 saturated heterocycles. The number of anilines is 1. The van der Waals surface area contributed by atoms with Crippen LogP contribution in [0.4, 0.5) is 5.69 Å². The van der Waals surface area contributed by atoms with E-state index in [9.17, 15) is 0 Å². The molecule has 0 saturated carbocycles. The molecule has 0 aromatic carbocycles. The van der Waals surface area contributed by atoms with Crippen molar-refractivity contribution in [1.82, 2.24) is 4.98 Å². The highest BCUT2D eigenvalue weighted by Gasteiger charge is 2.06. The second-order valence-corrected chi connectivity index (χ2v) is 3.81. The molecule has 0 fully saturated rings. The number of pyridine rings is 1. The Kier molecular flexibility index (Phi) is 4.74. The van der Waals surface area contributed by atoms with Gasteiger partial charge in [-0.1, -0.05) is 0 Å². The second kappa shape index (κ2) is 6.09. The zero-order chi connectivity index (χ0) is 12.0. The van der Waals surface area contributed by atoms with Crippen LogP contribution in [-0.2, 0) is 0 Å². The molecular weight excluding hydrogens is 200 g/mol. The van der Waals surface area contributed by atoms with Gasteiger partial charge in [-0.3, -0.25) is 4.98 Å². The zero-order valence-electron chi connectivity index (χ0n) is 9.88. The zero-order valence-corrected chi connectivity index (χ0v) is 9.88. The number of rotatable bonds is 5. The average molecular weight is 218 g/mol. The van der Waals surface area contributed by atoms with Gasteiger partial charge in [0, 0.05) is 12.2 Å². The van der Waals surface area contributed by atoms with Crippen LogP contribution in [0, 0.1) is 25.2 Å². The van der Waals surface area contributed by atoms with Crippen LogP contribution < -0.4 is 11.1 Å². The van der Waals surface area contributed by atoms with Crippen LogP contribution in [0.5, 0.6) is 0 Å². The smallest absolute Gasteiger partial charge is 0.103 e. The summed E-state index contributed by atoms with van der Waals surface area (Å²) >= 11 is 0. The molecule has 86 valence electrons. The van der Waals surface area contributed by atoms with Crippen molar-refractivity contribution in [3.63, 3.8) is 0 Å². The van der Waals surface area contributed by atoms with E-state index in [0.29, 0.717) is 12.1 Å². The average Bonchev–Trinajstić information content (AvgIpc) is 2.24. The molecule has 0 aliphatic carbocycles. The molecule has 0 radical (unpaired) electrons. The van der Waals surface area contributed by atoms with Crippen molar-refractivity contribution < 1.29 is 0 Å². The summed E-state index contributed by atoms with van der Waals surface area (Å²) < 4.78 is 0. The lowest BCUT2D eigenvalue weighted by Crippen LogP contribution is -2.08. The van der Waals surface area contributed by atoms with E-state index in [-0.39, 0.29) is 0 Å². The quantitative estimate of drug-likeness (QED) is 0.738. The van der Waals surface area contributed by atoms with Crippen molar-refractivity contribution >= 4 is 5.69 Å². The first kappa shape index (κ1) is 12.5. The fraction of sp³-hybridized carbons (Fsp3) is 0.500. The van der Waals surface area contributed by atoms with Crippen LogP contribution in [-0.4, -0.2) is 18.1 Å². The first-order valence-corrected chi connectivity index (χ1v) is 5.51. The minimum atomic E-state index is 0.637. The Bertz CT molecular complexity index is 393. The molecule has 0 amide bonds. The molecule has 4 nitrogen and oxygen atoms in total. The van der Waals surface area contributed by atoms with Crippen molar-refractivity contribution in [3.05, 3.63) is 23.0 Å². The lowest BCUT2D eigenvalue weighted by atomic mass is 10.1. The van der Waals surface area contributed by atoms with Crippen molar-refractivity contribution in [3.8, 4) is 6.07 Å². The molecule has 0 aliphatic rings. The van der Waals surface area contributed by atoms with E-state index in [1.165, 1.54) is 0 Å². The van der Waals surface area contributed by atoms with E-state index < -0.39 is 0 Å². The number of nitrogens with two attached hydrogens (primary N) is 1. The Morgan fingerprint density at radius 3 is 2.81 bits per heavy atom. The lowest BCUT2D eigenvalue weighted by molar-refractivity contribution is 0.773. The van der Waals surface area contributed by atoms with Gasteiger partial charge in [0.1, 0.15) is 6.07 Å². The Hall–Kier alpha value is -1.60. The number of hydrogen-bond acceptors (Lipinski definition) is 4. The van der Waals surface area contributed by atoms with Gasteiger partial charge in [0.15, 0.2) is 0 Å². The minimum Gasteiger partial charge on any atom is -0.384 e. The third kappa shape index (κ3) is 3.21. The van der Waals surface area contributed by atoms with Gasteiger partial charge in [0.05, 0.1) is 16.9 Å². The summed E-state index contributed by atoms with van der Waals surface area (Å²) in [4.78, 5) is 4.27. The number of unbranched alkanes of at least 4 members (excludes halogenated alkanes) is 1. The number of nitrogens with zero attached hydrogens (tertiary/aromatic N) is 2. The molecule has 16 heavy (non-hydrogen) atoms. The van der Waals surface area contributed by atoms with Gasteiger partial charge in [0.2, 0.25) is 0 Å². The van der Waals surface area contributed by atoms with Crippen molar-refractivity contribution in [1.29, 1.82) is 5.26 Å². The molecule has 1 aromatic rings.